The van der Waals surface area contributed by atoms with Gasteiger partial charge < -0.3 is 9.15 Å². The largest absolute Gasteiger partial charge is 0.460 e. The molecule has 36 heavy (non-hydrogen) atoms. The summed E-state index contributed by atoms with van der Waals surface area (Å²) in [5.74, 6) is 0.757. The van der Waals surface area contributed by atoms with Gasteiger partial charge in [-0.3, -0.25) is 4.57 Å². The van der Waals surface area contributed by atoms with E-state index in [1.807, 2.05) is 60.7 Å². The molecule has 0 saturated heterocycles. The lowest BCUT2D eigenvalue weighted by atomic mass is 9.64. The van der Waals surface area contributed by atoms with Crippen LogP contribution in [0.15, 0.2) is 106 Å². The minimum atomic E-state index is -0.412. The monoisotopic (exact) mass is 481 g/mol. The zero-order valence-electron chi connectivity index (χ0n) is 21.3. The van der Waals surface area contributed by atoms with Gasteiger partial charge in [-0.2, -0.15) is 0 Å². The van der Waals surface area contributed by atoms with Crippen molar-refractivity contribution in [1.82, 2.24) is 4.57 Å². The number of nitrogens with zero attached hydrogens (tertiary/aromatic N) is 1. The lowest BCUT2D eigenvalue weighted by Crippen LogP contribution is -2.44. The fraction of sp³-hybridized carbons (Fsp3) is 0.344. The van der Waals surface area contributed by atoms with E-state index in [-0.39, 0.29) is 17.6 Å². The minimum absolute atomic E-state index is 0.0325. The molecule has 1 heterocycles. The third-order valence-corrected chi connectivity index (χ3v) is 7.92. The highest BCUT2D eigenvalue weighted by molar-refractivity contribution is 5.33. The molecular formula is C32H35NO3. The van der Waals surface area contributed by atoms with Crippen molar-refractivity contribution < 1.29 is 9.15 Å². The van der Waals surface area contributed by atoms with Crippen molar-refractivity contribution in [3.8, 4) is 5.95 Å². The molecule has 0 bridgehead atoms. The average Bonchev–Trinajstić information content (AvgIpc) is 3.25. The maximum Gasteiger partial charge on any atom is 0.422 e. The van der Waals surface area contributed by atoms with Crippen LogP contribution in [-0.4, -0.2) is 10.7 Å². The summed E-state index contributed by atoms with van der Waals surface area (Å²) < 4.78 is 13.9. The number of oxazole rings is 1. The zero-order valence-corrected chi connectivity index (χ0v) is 21.3. The summed E-state index contributed by atoms with van der Waals surface area (Å²) in [7, 11) is 0. The van der Waals surface area contributed by atoms with Crippen molar-refractivity contribution in [2.24, 2.45) is 11.8 Å². The van der Waals surface area contributed by atoms with E-state index in [0.717, 1.165) is 24.0 Å². The summed E-state index contributed by atoms with van der Waals surface area (Å²) >= 11 is 0. The van der Waals surface area contributed by atoms with Crippen LogP contribution < -0.4 is 10.5 Å². The van der Waals surface area contributed by atoms with Crippen LogP contribution in [0.5, 0.6) is 5.95 Å². The lowest BCUT2D eigenvalue weighted by molar-refractivity contribution is 0.0165. The molecule has 1 aliphatic carbocycles. The van der Waals surface area contributed by atoms with Crippen molar-refractivity contribution in [3.05, 3.63) is 124 Å². The first-order valence-corrected chi connectivity index (χ1v) is 13.0. The van der Waals surface area contributed by atoms with Gasteiger partial charge >= 0.3 is 11.7 Å². The maximum atomic E-state index is 13.2. The molecule has 0 aliphatic heterocycles. The van der Waals surface area contributed by atoms with Gasteiger partial charge in [0.2, 0.25) is 0 Å². The summed E-state index contributed by atoms with van der Waals surface area (Å²) in [6.45, 7) is 6.90. The molecule has 3 aromatic carbocycles. The second kappa shape index (κ2) is 10.2. The Bertz CT molecular complexity index is 1270. The first kappa shape index (κ1) is 24.2. The van der Waals surface area contributed by atoms with Crippen LogP contribution in [-0.2, 0) is 5.41 Å². The van der Waals surface area contributed by atoms with Gasteiger partial charge in [-0.05, 0) is 40.9 Å². The maximum absolute atomic E-state index is 13.2. The smallest absolute Gasteiger partial charge is 0.422 e. The van der Waals surface area contributed by atoms with E-state index in [0.29, 0.717) is 17.8 Å². The number of rotatable bonds is 7. The number of hydrogen-bond donors (Lipinski definition) is 0. The van der Waals surface area contributed by atoms with Gasteiger partial charge in [-0.25, -0.2) is 4.79 Å². The highest BCUT2D eigenvalue weighted by atomic mass is 16.6. The fourth-order valence-electron chi connectivity index (χ4n) is 5.87. The standard InChI is InChI=1S/C32H35NO3/c1-23-19-20-27(32(2,3)26-17-11-6-12-18-26)28(21-23)35-29-22-33(31(34)36-29)30(24-13-7-4-8-14-24)25-15-9-5-10-16-25/h4-18,22-23,27-28,30H,19-21H2,1-3H3. The predicted octanol–water partition coefficient (Wildman–Crippen LogP) is 7.24. The van der Waals surface area contributed by atoms with Crippen molar-refractivity contribution in [2.75, 3.05) is 0 Å². The lowest BCUT2D eigenvalue weighted by Gasteiger charge is -2.43. The van der Waals surface area contributed by atoms with Crippen LogP contribution in [0.4, 0.5) is 0 Å². The van der Waals surface area contributed by atoms with Crippen molar-refractivity contribution in [2.45, 2.75) is 57.6 Å². The Hall–Kier alpha value is -3.53. The Kier molecular flexibility index (Phi) is 6.86. The van der Waals surface area contributed by atoms with Gasteiger partial charge in [0.1, 0.15) is 6.10 Å². The van der Waals surface area contributed by atoms with Crippen molar-refractivity contribution in [3.63, 3.8) is 0 Å². The van der Waals surface area contributed by atoms with Crippen LogP contribution in [0.3, 0.4) is 0 Å². The molecular weight excluding hydrogens is 446 g/mol. The van der Waals surface area contributed by atoms with Gasteiger partial charge in [0.25, 0.3) is 0 Å². The van der Waals surface area contributed by atoms with Gasteiger partial charge in [0.05, 0.1) is 12.2 Å². The van der Waals surface area contributed by atoms with E-state index in [1.54, 1.807) is 10.8 Å². The van der Waals surface area contributed by atoms with E-state index in [9.17, 15) is 4.79 Å². The SMILES string of the molecule is CC1CCC(C(C)(C)c2ccccc2)C(Oc2cn(C(c3ccccc3)c3ccccc3)c(=O)o2)C1. The molecule has 5 rings (SSSR count). The fourth-order valence-corrected chi connectivity index (χ4v) is 5.87. The first-order valence-electron chi connectivity index (χ1n) is 13.0. The number of ether oxygens (including phenoxy) is 1. The molecule has 186 valence electrons. The molecule has 0 spiro atoms. The van der Waals surface area contributed by atoms with Gasteiger partial charge in [0.15, 0.2) is 0 Å². The van der Waals surface area contributed by atoms with Crippen LogP contribution >= 0.6 is 0 Å². The molecule has 1 aromatic heterocycles. The van der Waals surface area contributed by atoms with Crippen LogP contribution in [0.1, 0.15) is 62.8 Å². The first-order chi connectivity index (χ1) is 17.4. The molecule has 0 N–H and O–H groups in total. The highest BCUT2D eigenvalue weighted by Gasteiger charge is 2.41. The quantitative estimate of drug-likeness (QED) is 0.279. The second-order valence-electron chi connectivity index (χ2n) is 10.7. The van der Waals surface area contributed by atoms with Crippen molar-refractivity contribution >= 4 is 0 Å². The molecule has 4 nitrogen and oxygen atoms in total. The van der Waals surface area contributed by atoms with Crippen LogP contribution in [0, 0.1) is 11.8 Å². The van der Waals surface area contributed by atoms with E-state index in [1.165, 1.54) is 12.0 Å². The molecule has 1 aliphatic rings. The number of hydrogen-bond acceptors (Lipinski definition) is 3. The van der Waals surface area contributed by atoms with Crippen molar-refractivity contribution in [1.29, 1.82) is 0 Å². The van der Waals surface area contributed by atoms with Gasteiger partial charge in [0, 0.05) is 5.92 Å². The van der Waals surface area contributed by atoms with Gasteiger partial charge in [-0.15, -0.1) is 0 Å². The van der Waals surface area contributed by atoms with E-state index < -0.39 is 5.76 Å². The Morgan fingerprint density at radius 1 is 0.861 bits per heavy atom. The highest BCUT2D eigenvalue weighted by Crippen LogP contribution is 2.44. The third-order valence-electron chi connectivity index (χ3n) is 7.92. The Morgan fingerprint density at radius 2 is 1.42 bits per heavy atom. The molecule has 1 saturated carbocycles. The predicted molar refractivity (Wildman–Crippen MR) is 143 cm³/mol. The third kappa shape index (κ3) is 4.90. The Labute approximate surface area is 213 Å². The number of benzene rings is 3. The van der Waals surface area contributed by atoms with E-state index in [2.05, 4.69) is 51.1 Å². The molecule has 0 amide bonds. The normalized spacial score (nSPS) is 20.4. The van der Waals surface area contributed by atoms with E-state index >= 15 is 0 Å². The molecule has 3 unspecified atom stereocenters. The number of aromatic nitrogens is 1. The average molecular weight is 482 g/mol. The molecule has 4 aromatic rings. The van der Waals surface area contributed by atoms with Gasteiger partial charge in [-0.1, -0.05) is 118 Å². The second-order valence-corrected chi connectivity index (χ2v) is 10.7. The Balaban J connectivity index is 1.47. The summed E-state index contributed by atoms with van der Waals surface area (Å²) in [6.07, 6.45) is 4.91. The Morgan fingerprint density at radius 3 is 2.00 bits per heavy atom. The molecule has 0 radical (unpaired) electrons. The summed E-state index contributed by atoms with van der Waals surface area (Å²) in [4.78, 5) is 13.2. The van der Waals surface area contributed by atoms with Crippen LogP contribution in [0.2, 0.25) is 0 Å². The summed E-state index contributed by atoms with van der Waals surface area (Å²) in [5, 5.41) is 0. The summed E-state index contributed by atoms with van der Waals surface area (Å²) in [5.41, 5.74) is 3.29. The molecule has 1 fully saturated rings. The topological polar surface area (TPSA) is 44.4 Å². The van der Waals surface area contributed by atoms with Crippen LogP contribution in [0.25, 0.3) is 0 Å². The minimum Gasteiger partial charge on any atom is -0.460 e. The summed E-state index contributed by atoms with van der Waals surface area (Å²) in [6, 6.07) is 30.5. The zero-order chi connectivity index (χ0) is 25.1. The molecule has 4 heteroatoms. The van der Waals surface area contributed by atoms with E-state index in [4.69, 9.17) is 9.15 Å². The molecule has 3 atom stereocenters.